The third-order valence-electron chi connectivity index (χ3n) is 3.47. The van der Waals surface area contributed by atoms with Gasteiger partial charge < -0.3 is 29.0 Å². The van der Waals surface area contributed by atoms with Crippen molar-refractivity contribution in [3.8, 4) is 0 Å². The summed E-state index contributed by atoms with van der Waals surface area (Å²) in [6, 6.07) is 0. The molecule has 7 heteroatoms. The van der Waals surface area contributed by atoms with Crippen molar-refractivity contribution in [3.05, 3.63) is 11.5 Å². The lowest BCUT2D eigenvalue weighted by atomic mass is 9.75. The average Bonchev–Trinajstić information content (AvgIpc) is 2.70. The molecule has 0 aromatic rings. The molecule has 19 heavy (non-hydrogen) atoms. The van der Waals surface area contributed by atoms with Crippen LogP contribution in [0, 0.1) is 0 Å². The Balaban J connectivity index is 2.80. The molecule has 110 valence electrons. The van der Waals surface area contributed by atoms with Crippen molar-refractivity contribution in [1.82, 2.24) is 0 Å². The van der Waals surface area contributed by atoms with Gasteiger partial charge in [0.2, 0.25) is 0 Å². The standard InChI is InChI=1S/C12H23BO6/c1-11(2,14)12(3,4)19-13(15)8-7-9(16-5)18-10(8)17-6/h7,9-10,14-15H,1-6H3. The first-order valence-corrected chi connectivity index (χ1v) is 6.13. The van der Waals surface area contributed by atoms with Crippen LogP contribution in [0.1, 0.15) is 27.7 Å². The minimum Gasteiger partial charge on any atom is -0.423 e. The highest BCUT2D eigenvalue weighted by Gasteiger charge is 2.43. The smallest absolute Gasteiger partial charge is 0.423 e. The summed E-state index contributed by atoms with van der Waals surface area (Å²) in [4.78, 5) is 0. The fourth-order valence-electron chi connectivity index (χ4n) is 1.48. The fourth-order valence-corrected chi connectivity index (χ4v) is 1.48. The zero-order valence-corrected chi connectivity index (χ0v) is 12.3. The van der Waals surface area contributed by atoms with E-state index >= 15 is 0 Å². The molecule has 0 aromatic heterocycles. The second kappa shape index (κ2) is 5.91. The molecule has 0 fully saturated rings. The summed E-state index contributed by atoms with van der Waals surface area (Å²) < 4.78 is 21.0. The maximum Gasteiger partial charge on any atom is 0.492 e. The Kier molecular flexibility index (Phi) is 5.17. The van der Waals surface area contributed by atoms with Gasteiger partial charge in [0.15, 0.2) is 12.6 Å². The van der Waals surface area contributed by atoms with Crippen molar-refractivity contribution in [2.24, 2.45) is 0 Å². The SMILES string of the molecule is COC1C=C(B(O)OC(C)(C)C(C)(C)O)C(OC)O1. The molecule has 0 saturated heterocycles. The van der Waals surface area contributed by atoms with Gasteiger partial charge in [0.25, 0.3) is 0 Å². The zero-order chi connectivity index (χ0) is 14.8. The molecule has 2 unspecified atom stereocenters. The zero-order valence-electron chi connectivity index (χ0n) is 12.3. The van der Waals surface area contributed by atoms with Crippen LogP contribution < -0.4 is 0 Å². The molecular formula is C12H23BO6. The molecular weight excluding hydrogens is 251 g/mol. The molecule has 0 aromatic carbocycles. The topological polar surface area (TPSA) is 77.4 Å². The molecule has 1 aliphatic rings. The second-order valence-electron chi connectivity index (χ2n) is 5.51. The van der Waals surface area contributed by atoms with Crippen molar-refractivity contribution in [2.75, 3.05) is 14.2 Å². The maximum atomic E-state index is 10.1. The molecule has 0 spiro atoms. The quantitative estimate of drug-likeness (QED) is 0.686. The Labute approximate surface area is 114 Å². The molecule has 0 aliphatic carbocycles. The highest BCUT2D eigenvalue weighted by Crippen LogP contribution is 2.29. The van der Waals surface area contributed by atoms with E-state index in [9.17, 15) is 10.1 Å². The number of hydrogen-bond acceptors (Lipinski definition) is 6. The Bertz CT molecular complexity index is 336. The lowest BCUT2D eigenvalue weighted by Crippen LogP contribution is -2.51. The molecule has 1 heterocycles. The Morgan fingerprint density at radius 2 is 1.79 bits per heavy atom. The van der Waals surface area contributed by atoms with E-state index < -0.39 is 30.9 Å². The summed E-state index contributed by atoms with van der Waals surface area (Å²) in [5, 5.41) is 20.2. The Hall–Kier alpha value is -0.435. The first kappa shape index (κ1) is 16.6. The monoisotopic (exact) mass is 274 g/mol. The molecule has 2 atom stereocenters. The molecule has 0 amide bonds. The Morgan fingerprint density at radius 1 is 1.21 bits per heavy atom. The fraction of sp³-hybridized carbons (Fsp3) is 0.833. The molecule has 0 saturated carbocycles. The normalized spacial score (nSPS) is 24.5. The lowest BCUT2D eigenvalue weighted by molar-refractivity contribution is -0.176. The van der Waals surface area contributed by atoms with Gasteiger partial charge in [-0.15, -0.1) is 0 Å². The summed E-state index contributed by atoms with van der Waals surface area (Å²) in [6.45, 7) is 6.63. The summed E-state index contributed by atoms with van der Waals surface area (Å²) in [5.74, 6) is 0. The van der Waals surface area contributed by atoms with E-state index in [-0.39, 0.29) is 0 Å². The summed E-state index contributed by atoms with van der Waals surface area (Å²) in [7, 11) is 1.71. The summed E-state index contributed by atoms with van der Waals surface area (Å²) >= 11 is 0. The number of methoxy groups -OCH3 is 2. The average molecular weight is 274 g/mol. The first-order valence-electron chi connectivity index (χ1n) is 6.13. The third kappa shape index (κ3) is 3.78. The lowest BCUT2D eigenvalue weighted by Gasteiger charge is -2.38. The predicted octanol–water partition coefficient (Wildman–Crippen LogP) is 0.474. The van der Waals surface area contributed by atoms with Gasteiger partial charge in [0.05, 0.1) is 11.2 Å². The van der Waals surface area contributed by atoms with Gasteiger partial charge in [-0.25, -0.2) is 0 Å². The van der Waals surface area contributed by atoms with Crippen LogP contribution in [0.4, 0.5) is 0 Å². The van der Waals surface area contributed by atoms with Crippen LogP contribution in [0.2, 0.25) is 0 Å². The van der Waals surface area contributed by atoms with Crippen molar-refractivity contribution < 1.29 is 29.0 Å². The van der Waals surface area contributed by atoms with Gasteiger partial charge >= 0.3 is 7.12 Å². The van der Waals surface area contributed by atoms with Gasteiger partial charge in [-0.1, -0.05) is 0 Å². The van der Waals surface area contributed by atoms with E-state index in [2.05, 4.69) is 0 Å². The highest BCUT2D eigenvalue weighted by atomic mass is 16.8. The van der Waals surface area contributed by atoms with E-state index in [0.29, 0.717) is 5.47 Å². The predicted molar refractivity (Wildman–Crippen MR) is 70.2 cm³/mol. The van der Waals surface area contributed by atoms with Crippen LogP contribution in [0.25, 0.3) is 0 Å². The van der Waals surface area contributed by atoms with Crippen molar-refractivity contribution in [3.63, 3.8) is 0 Å². The maximum absolute atomic E-state index is 10.1. The summed E-state index contributed by atoms with van der Waals surface area (Å²) in [6.07, 6.45) is 0.292. The van der Waals surface area contributed by atoms with E-state index in [1.54, 1.807) is 33.8 Å². The van der Waals surface area contributed by atoms with E-state index in [4.69, 9.17) is 18.9 Å². The van der Waals surface area contributed by atoms with Crippen LogP contribution in [0.3, 0.4) is 0 Å². The van der Waals surface area contributed by atoms with Crippen LogP contribution in [-0.4, -0.2) is 55.3 Å². The van der Waals surface area contributed by atoms with Gasteiger partial charge in [0.1, 0.15) is 0 Å². The molecule has 0 radical (unpaired) electrons. The van der Waals surface area contributed by atoms with Gasteiger partial charge in [-0.3, -0.25) is 0 Å². The number of rotatable bonds is 6. The molecule has 1 aliphatic heterocycles. The third-order valence-corrected chi connectivity index (χ3v) is 3.47. The molecule has 6 nitrogen and oxygen atoms in total. The van der Waals surface area contributed by atoms with Crippen LogP contribution >= 0.6 is 0 Å². The Morgan fingerprint density at radius 3 is 2.21 bits per heavy atom. The van der Waals surface area contributed by atoms with Crippen molar-refractivity contribution >= 4 is 7.12 Å². The van der Waals surface area contributed by atoms with Crippen LogP contribution in [0.15, 0.2) is 11.5 Å². The minimum atomic E-state index is -1.24. The van der Waals surface area contributed by atoms with E-state index in [0.717, 1.165) is 0 Å². The van der Waals surface area contributed by atoms with Gasteiger partial charge in [0, 0.05) is 19.7 Å². The van der Waals surface area contributed by atoms with Crippen molar-refractivity contribution in [2.45, 2.75) is 51.5 Å². The number of aliphatic hydroxyl groups is 1. The van der Waals surface area contributed by atoms with E-state index in [1.165, 1.54) is 14.2 Å². The van der Waals surface area contributed by atoms with Crippen LogP contribution in [-0.2, 0) is 18.9 Å². The van der Waals surface area contributed by atoms with Crippen LogP contribution in [0.5, 0.6) is 0 Å². The highest BCUT2D eigenvalue weighted by molar-refractivity contribution is 6.52. The van der Waals surface area contributed by atoms with Gasteiger partial charge in [-0.05, 0) is 33.8 Å². The van der Waals surface area contributed by atoms with E-state index in [1.807, 2.05) is 0 Å². The first-order chi connectivity index (χ1) is 8.62. The molecule has 0 bridgehead atoms. The largest absolute Gasteiger partial charge is 0.492 e. The minimum absolute atomic E-state index is 0.423. The number of ether oxygens (including phenoxy) is 3. The number of hydrogen-bond donors (Lipinski definition) is 2. The second-order valence-corrected chi connectivity index (χ2v) is 5.51. The molecule has 1 rings (SSSR count). The summed E-state index contributed by atoms with van der Waals surface area (Å²) in [5.41, 5.74) is -1.64. The molecule has 2 N–H and O–H groups in total. The van der Waals surface area contributed by atoms with Gasteiger partial charge in [-0.2, -0.15) is 0 Å². The van der Waals surface area contributed by atoms with Crippen molar-refractivity contribution in [1.29, 1.82) is 0 Å².